The van der Waals surface area contributed by atoms with E-state index in [1.54, 1.807) is 12.1 Å². The normalized spacial score (nSPS) is 10.5. The Morgan fingerprint density at radius 3 is 2.65 bits per heavy atom. The third kappa shape index (κ3) is 3.81. The maximum Gasteiger partial charge on any atom is 0.340 e. The second-order valence-electron chi connectivity index (χ2n) is 4.77. The summed E-state index contributed by atoms with van der Waals surface area (Å²) in [7, 11) is 0. The van der Waals surface area contributed by atoms with Gasteiger partial charge in [0.2, 0.25) is 5.89 Å². The van der Waals surface area contributed by atoms with Gasteiger partial charge in [-0.25, -0.2) is 4.79 Å². The lowest BCUT2D eigenvalue weighted by atomic mass is 10.2. The fraction of sp³-hybridized carbons (Fsp3) is 0.125. The van der Waals surface area contributed by atoms with Crippen molar-refractivity contribution in [1.29, 1.82) is 0 Å². The van der Waals surface area contributed by atoms with E-state index in [2.05, 4.69) is 31.1 Å². The lowest BCUT2D eigenvalue weighted by Gasteiger charge is -2.01. The minimum absolute atomic E-state index is 0.0871. The number of carbonyl (C=O) groups excluding carboxylic acids is 1. The van der Waals surface area contributed by atoms with Crippen molar-refractivity contribution < 1.29 is 13.9 Å². The molecule has 0 bridgehead atoms. The maximum absolute atomic E-state index is 11.9. The van der Waals surface area contributed by atoms with Gasteiger partial charge in [-0.2, -0.15) is 0 Å². The van der Waals surface area contributed by atoms with Crippen molar-refractivity contribution in [2.24, 2.45) is 0 Å². The molecule has 0 aliphatic heterocycles. The highest BCUT2D eigenvalue weighted by Gasteiger charge is 2.12. The Morgan fingerprint density at radius 1 is 1.17 bits per heavy atom. The summed E-state index contributed by atoms with van der Waals surface area (Å²) in [5.41, 5.74) is 2.00. The smallest absolute Gasteiger partial charge is 0.340 e. The maximum atomic E-state index is 11.9. The molecule has 0 fully saturated rings. The summed E-state index contributed by atoms with van der Waals surface area (Å²) in [6.07, 6.45) is 1.47. The van der Waals surface area contributed by atoms with Crippen LogP contribution in [0.3, 0.4) is 0 Å². The molecule has 0 aliphatic carbocycles. The summed E-state index contributed by atoms with van der Waals surface area (Å²) in [5.74, 6) is 0.123. The van der Waals surface area contributed by atoms with Crippen LogP contribution in [0, 0.1) is 6.92 Å². The largest absolute Gasteiger partial charge is 0.452 e. The molecule has 23 heavy (non-hydrogen) atoms. The third-order valence-corrected chi connectivity index (χ3v) is 3.56. The lowest BCUT2D eigenvalue weighted by molar-refractivity contribution is 0.0438. The molecule has 0 N–H and O–H groups in total. The van der Waals surface area contributed by atoms with E-state index in [1.165, 1.54) is 6.20 Å². The highest BCUT2D eigenvalue weighted by Crippen LogP contribution is 2.20. The first-order chi connectivity index (χ1) is 11.1. The predicted molar refractivity (Wildman–Crippen MR) is 85.5 cm³/mol. The van der Waals surface area contributed by atoms with Crippen molar-refractivity contribution in [2.75, 3.05) is 0 Å². The molecule has 0 saturated carbocycles. The third-order valence-electron chi connectivity index (χ3n) is 3.03. The number of rotatable bonds is 4. The lowest BCUT2D eigenvalue weighted by Crippen LogP contribution is -2.06. The van der Waals surface area contributed by atoms with E-state index >= 15 is 0 Å². The second kappa shape index (κ2) is 6.70. The molecule has 3 rings (SSSR count). The second-order valence-corrected chi connectivity index (χ2v) is 5.69. The SMILES string of the molecule is Cc1ccc(C(=O)OCc2nnc(-c3ccc(Br)cc3)o2)cn1. The fourth-order valence-corrected chi connectivity index (χ4v) is 2.08. The molecule has 6 nitrogen and oxygen atoms in total. The van der Waals surface area contributed by atoms with E-state index in [-0.39, 0.29) is 12.5 Å². The quantitative estimate of drug-likeness (QED) is 0.650. The Morgan fingerprint density at radius 2 is 1.96 bits per heavy atom. The average Bonchev–Trinajstić information content (AvgIpc) is 3.03. The van der Waals surface area contributed by atoms with E-state index in [4.69, 9.17) is 9.15 Å². The molecule has 0 unspecified atom stereocenters. The number of nitrogens with zero attached hydrogens (tertiary/aromatic N) is 3. The van der Waals surface area contributed by atoms with Crippen LogP contribution in [0.2, 0.25) is 0 Å². The van der Waals surface area contributed by atoms with Gasteiger partial charge in [-0.1, -0.05) is 15.9 Å². The van der Waals surface area contributed by atoms with Crippen molar-refractivity contribution in [3.05, 3.63) is 64.2 Å². The van der Waals surface area contributed by atoms with Crippen molar-refractivity contribution in [3.8, 4) is 11.5 Å². The van der Waals surface area contributed by atoms with Crippen molar-refractivity contribution >= 4 is 21.9 Å². The van der Waals surface area contributed by atoms with Crippen LogP contribution in [0.15, 0.2) is 51.5 Å². The molecule has 0 aliphatic rings. The highest BCUT2D eigenvalue weighted by molar-refractivity contribution is 9.10. The number of aromatic nitrogens is 3. The number of esters is 1. The zero-order valence-electron chi connectivity index (χ0n) is 12.2. The number of hydrogen-bond donors (Lipinski definition) is 0. The Hall–Kier alpha value is -2.54. The van der Waals surface area contributed by atoms with Crippen LogP contribution < -0.4 is 0 Å². The molecule has 0 saturated heterocycles. The minimum atomic E-state index is -0.485. The van der Waals surface area contributed by atoms with Crippen LogP contribution in [-0.2, 0) is 11.3 Å². The molecular formula is C16H12BrN3O3. The Bertz CT molecular complexity index is 813. The monoisotopic (exact) mass is 373 g/mol. The van der Waals surface area contributed by atoms with Crippen LogP contribution in [0.5, 0.6) is 0 Å². The summed E-state index contributed by atoms with van der Waals surface area (Å²) in [6.45, 7) is 1.76. The predicted octanol–water partition coefficient (Wildman–Crippen LogP) is 3.56. The van der Waals surface area contributed by atoms with Crippen LogP contribution in [0.25, 0.3) is 11.5 Å². The first-order valence-electron chi connectivity index (χ1n) is 6.80. The summed E-state index contributed by atoms with van der Waals surface area (Å²) in [5, 5.41) is 7.82. The van der Waals surface area contributed by atoms with Crippen LogP contribution in [0.4, 0.5) is 0 Å². The number of hydrogen-bond acceptors (Lipinski definition) is 6. The van der Waals surface area contributed by atoms with Gasteiger partial charge in [0.05, 0.1) is 5.56 Å². The van der Waals surface area contributed by atoms with Gasteiger partial charge in [0.1, 0.15) is 0 Å². The number of pyridine rings is 1. The van der Waals surface area contributed by atoms with Gasteiger partial charge in [0, 0.05) is 21.9 Å². The standard InChI is InChI=1S/C16H12BrN3O3/c1-10-2-3-12(8-18-10)16(21)22-9-14-19-20-15(23-14)11-4-6-13(17)7-5-11/h2-8H,9H2,1H3. The number of carbonyl (C=O) groups is 1. The first-order valence-corrected chi connectivity index (χ1v) is 7.59. The van der Waals surface area contributed by atoms with Crippen molar-refractivity contribution in [2.45, 2.75) is 13.5 Å². The van der Waals surface area contributed by atoms with Crippen LogP contribution in [-0.4, -0.2) is 21.2 Å². The van der Waals surface area contributed by atoms with E-state index in [1.807, 2.05) is 31.2 Å². The van der Waals surface area contributed by atoms with Gasteiger partial charge in [-0.05, 0) is 43.3 Å². The summed E-state index contributed by atoms with van der Waals surface area (Å²) < 4.78 is 11.6. The fourth-order valence-electron chi connectivity index (χ4n) is 1.82. The van der Waals surface area contributed by atoms with E-state index < -0.39 is 5.97 Å². The zero-order chi connectivity index (χ0) is 16.2. The number of benzene rings is 1. The molecule has 2 heterocycles. The Labute approximate surface area is 140 Å². The van der Waals surface area contributed by atoms with Gasteiger partial charge >= 0.3 is 5.97 Å². The Balaban J connectivity index is 1.64. The molecule has 0 radical (unpaired) electrons. The van der Waals surface area contributed by atoms with Gasteiger partial charge in [0.25, 0.3) is 5.89 Å². The number of ether oxygens (including phenoxy) is 1. The van der Waals surface area contributed by atoms with E-state index in [0.717, 1.165) is 15.7 Å². The average molecular weight is 374 g/mol. The van der Waals surface area contributed by atoms with Crippen molar-refractivity contribution in [3.63, 3.8) is 0 Å². The highest BCUT2D eigenvalue weighted by atomic mass is 79.9. The molecule has 3 aromatic rings. The topological polar surface area (TPSA) is 78.1 Å². The number of halogens is 1. The van der Waals surface area contributed by atoms with Gasteiger partial charge in [0.15, 0.2) is 6.61 Å². The van der Waals surface area contributed by atoms with Gasteiger partial charge in [-0.3, -0.25) is 4.98 Å². The molecule has 0 spiro atoms. The van der Waals surface area contributed by atoms with E-state index in [0.29, 0.717) is 11.5 Å². The summed E-state index contributed by atoms with van der Waals surface area (Å²) in [6, 6.07) is 10.9. The van der Waals surface area contributed by atoms with Crippen LogP contribution in [0.1, 0.15) is 21.9 Å². The molecule has 1 aromatic carbocycles. The molecule has 116 valence electrons. The molecule has 7 heteroatoms. The molecular weight excluding hydrogens is 362 g/mol. The van der Waals surface area contributed by atoms with E-state index in [9.17, 15) is 4.79 Å². The zero-order valence-corrected chi connectivity index (χ0v) is 13.8. The van der Waals surface area contributed by atoms with Crippen LogP contribution >= 0.6 is 15.9 Å². The number of aryl methyl sites for hydroxylation is 1. The Kier molecular flexibility index (Phi) is 4.47. The van der Waals surface area contributed by atoms with Gasteiger partial charge in [-0.15, -0.1) is 10.2 Å². The van der Waals surface area contributed by atoms with Crippen molar-refractivity contribution in [1.82, 2.24) is 15.2 Å². The van der Waals surface area contributed by atoms with Gasteiger partial charge < -0.3 is 9.15 Å². The molecule has 2 aromatic heterocycles. The molecule has 0 amide bonds. The first kappa shape index (κ1) is 15.4. The molecule has 0 atom stereocenters. The summed E-state index contributed by atoms with van der Waals surface area (Å²) >= 11 is 3.36. The summed E-state index contributed by atoms with van der Waals surface area (Å²) in [4.78, 5) is 15.9. The minimum Gasteiger partial charge on any atom is -0.452 e.